The van der Waals surface area contributed by atoms with E-state index in [1.165, 1.54) is 4.90 Å². The number of amides is 1. The molecule has 1 unspecified atom stereocenters. The zero-order valence-corrected chi connectivity index (χ0v) is 13.8. The fourth-order valence-electron chi connectivity index (χ4n) is 2.38. The molecule has 0 aromatic heterocycles. The van der Waals surface area contributed by atoms with E-state index in [1.807, 2.05) is 6.92 Å². The molecule has 7 heteroatoms. The molecular formula is C14H20N2O3S2. The fraction of sp³-hybridized carbons (Fsp3) is 0.500. The highest BCUT2D eigenvalue weighted by molar-refractivity contribution is 8.01. The van der Waals surface area contributed by atoms with Crippen LogP contribution in [0.2, 0.25) is 0 Å². The lowest BCUT2D eigenvalue weighted by atomic mass is 10.1. The summed E-state index contributed by atoms with van der Waals surface area (Å²) in [5.74, 6) is 1.02. The molecule has 116 valence electrons. The molecule has 0 spiro atoms. The van der Waals surface area contributed by atoms with Gasteiger partial charge in [0.05, 0.1) is 0 Å². The Morgan fingerprint density at radius 3 is 2.81 bits per heavy atom. The van der Waals surface area contributed by atoms with E-state index < -0.39 is 15.2 Å². The number of thioether (sulfide) groups is 1. The summed E-state index contributed by atoms with van der Waals surface area (Å²) in [6.07, 6.45) is 0. The van der Waals surface area contributed by atoms with Crippen molar-refractivity contribution in [1.29, 1.82) is 0 Å². The van der Waals surface area contributed by atoms with Gasteiger partial charge in [0.2, 0.25) is 0 Å². The van der Waals surface area contributed by atoms with E-state index in [0.29, 0.717) is 23.5 Å². The van der Waals surface area contributed by atoms with Crippen LogP contribution in [0.15, 0.2) is 18.2 Å². The number of nitrogens with zero attached hydrogens (tertiary/aromatic N) is 1. The third-order valence-electron chi connectivity index (χ3n) is 3.64. The minimum absolute atomic E-state index is 0.0444. The number of carbonyl (C=O) groups excluding carboxylic acids is 1. The molecule has 1 heterocycles. The molecule has 2 N–H and O–H groups in total. The average Bonchev–Trinajstić information content (AvgIpc) is 2.46. The molecule has 0 radical (unpaired) electrons. The summed E-state index contributed by atoms with van der Waals surface area (Å²) in [7, 11) is -3.28. The first-order valence-electron chi connectivity index (χ1n) is 6.83. The third kappa shape index (κ3) is 3.35. The monoisotopic (exact) mass is 328 g/mol. The van der Waals surface area contributed by atoms with Gasteiger partial charge in [0.15, 0.2) is 9.84 Å². The van der Waals surface area contributed by atoms with Gasteiger partial charge in [0.25, 0.3) is 5.91 Å². The highest BCUT2D eigenvalue weighted by Gasteiger charge is 2.36. The lowest BCUT2D eigenvalue weighted by molar-refractivity contribution is 0.0748. The molecule has 1 aliphatic heterocycles. The van der Waals surface area contributed by atoms with Crippen LogP contribution in [0.4, 0.5) is 5.69 Å². The van der Waals surface area contributed by atoms with Crippen LogP contribution in [-0.2, 0) is 9.84 Å². The first-order chi connectivity index (χ1) is 9.86. The number of nitrogens with two attached hydrogens (primary N) is 1. The van der Waals surface area contributed by atoms with E-state index in [2.05, 4.69) is 0 Å². The molecule has 0 bridgehead atoms. The number of hydrogen-bond donors (Lipinski definition) is 1. The van der Waals surface area contributed by atoms with Crippen molar-refractivity contribution in [3.05, 3.63) is 29.3 Å². The number of benzene rings is 1. The average molecular weight is 328 g/mol. The quantitative estimate of drug-likeness (QED) is 0.851. The van der Waals surface area contributed by atoms with Gasteiger partial charge in [-0.3, -0.25) is 4.79 Å². The van der Waals surface area contributed by atoms with Crippen molar-refractivity contribution in [2.75, 3.05) is 29.5 Å². The normalized spacial score (nSPS) is 19.5. The van der Waals surface area contributed by atoms with E-state index in [-0.39, 0.29) is 11.7 Å². The van der Waals surface area contributed by atoms with Crippen LogP contribution in [-0.4, -0.2) is 48.4 Å². The van der Waals surface area contributed by atoms with Gasteiger partial charge in [-0.2, -0.15) is 11.8 Å². The summed E-state index contributed by atoms with van der Waals surface area (Å²) in [6.45, 7) is 3.88. The Morgan fingerprint density at radius 1 is 1.48 bits per heavy atom. The number of anilines is 1. The molecule has 1 saturated heterocycles. The summed E-state index contributed by atoms with van der Waals surface area (Å²) < 4.78 is 24.4. The summed E-state index contributed by atoms with van der Waals surface area (Å²) in [5.41, 5.74) is 7.58. The molecule has 1 aromatic rings. The third-order valence-corrected chi connectivity index (χ3v) is 6.93. The van der Waals surface area contributed by atoms with Crippen molar-refractivity contribution in [1.82, 2.24) is 4.90 Å². The molecule has 2 rings (SSSR count). The maximum atomic E-state index is 12.7. The molecule has 21 heavy (non-hydrogen) atoms. The Kier molecular flexibility index (Phi) is 4.83. The van der Waals surface area contributed by atoms with E-state index in [0.717, 1.165) is 11.3 Å². The lowest BCUT2D eigenvalue weighted by Crippen LogP contribution is -2.50. The van der Waals surface area contributed by atoms with Crippen LogP contribution < -0.4 is 5.73 Å². The van der Waals surface area contributed by atoms with E-state index >= 15 is 0 Å². The van der Waals surface area contributed by atoms with Gasteiger partial charge in [-0.15, -0.1) is 0 Å². The predicted octanol–water partition coefficient (Wildman–Crippen LogP) is 1.53. The number of hydrogen-bond acceptors (Lipinski definition) is 5. The van der Waals surface area contributed by atoms with Gasteiger partial charge >= 0.3 is 0 Å². The van der Waals surface area contributed by atoms with Gasteiger partial charge in [0.1, 0.15) is 5.37 Å². The van der Waals surface area contributed by atoms with E-state index in [9.17, 15) is 13.2 Å². The van der Waals surface area contributed by atoms with Crippen LogP contribution >= 0.6 is 11.8 Å². The van der Waals surface area contributed by atoms with Gasteiger partial charge in [-0.25, -0.2) is 8.42 Å². The summed E-state index contributed by atoms with van der Waals surface area (Å²) in [6, 6.07) is 5.07. The molecule has 1 fully saturated rings. The van der Waals surface area contributed by atoms with Crippen LogP contribution in [0.5, 0.6) is 0 Å². The number of rotatable bonds is 3. The van der Waals surface area contributed by atoms with Crippen molar-refractivity contribution in [2.45, 2.75) is 19.2 Å². The van der Waals surface area contributed by atoms with Crippen LogP contribution in [0.3, 0.4) is 0 Å². The minimum atomic E-state index is -3.28. The first-order valence-corrected chi connectivity index (χ1v) is 9.70. The van der Waals surface area contributed by atoms with E-state index in [1.54, 1.807) is 36.9 Å². The van der Waals surface area contributed by atoms with Gasteiger partial charge in [-0.05, 0) is 30.7 Å². The molecule has 1 aromatic carbocycles. The molecule has 0 saturated carbocycles. The fourth-order valence-corrected chi connectivity index (χ4v) is 5.35. The van der Waals surface area contributed by atoms with Crippen molar-refractivity contribution in [2.24, 2.45) is 0 Å². The van der Waals surface area contributed by atoms with Crippen LogP contribution in [0, 0.1) is 6.92 Å². The molecule has 1 aliphatic rings. The second-order valence-corrected chi connectivity index (χ2v) is 8.65. The Bertz CT molecular complexity index is 644. The summed E-state index contributed by atoms with van der Waals surface area (Å²) in [5, 5.41) is -0.731. The van der Waals surface area contributed by atoms with Crippen molar-refractivity contribution in [3.8, 4) is 0 Å². The van der Waals surface area contributed by atoms with E-state index in [4.69, 9.17) is 5.73 Å². The standard InChI is InChI=1S/C14H20N2O3S2/c1-3-21(18,19)13-9-20-7-6-16(13)14(17)12-5-4-11(15)8-10(12)2/h4-5,8,13H,3,6-7,9,15H2,1-2H3. The number of aryl methyl sites for hydroxylation is 1. The highest BCUT2D eigenvalue weighted by Crippen LogP contribution is 2.24. The number of sulfone groups is 1. The smallest absolute Gasteiger partial charge is 0.255 e. The van der Waals surface area contributed by atoms with Crippen LogP contribution in [0.1, 0.15) is 22.8 Å². The van der Waals surface area contributed by atoms with Gasteiger partial charge in [0, 0.05) is 35.1 Å². The van der Waals surface area contributed by atoms with Gasteiger partial charge < -0.3 is 10.6 Å². The minimum Gasteiger partial charge on any atom is -0.399 e. The maximum Gasteiger partial charge on any atom is 0.255 e. The molecule has 5 nitrogen and oxygen atoms in total. The molecule has 1 amide bonds. The summed E-state index contributed by atoms with van der Waals surface area (Å²) in [4.78, 5) is 14.2. The molecule has 0 aliphatic carbocycles. The molecular weight excluding hydrogens is 308 g/mol. The number of nitrogen functional groups attached to an aromatic ring is 1. The van der Waals surface area contributed by atoms with Crippen molar-refractivity contribution in [3.63, 3.8) is 0 Å². The van der Waals surface area contributed by atoms with Crippen LogP contribution in [0.25, 0.3) is 0 Å². The Morgan fingerprint density at radius 2 is 2.19 bits per heavy atom. The molecule has 1 atom stereocenters. The second-order valence-electron chi connectivity index (χ2n) is 5.05. The lowest BCUT2D eigenvalue weighted by Gasteiger charge is -2.35. The van der Waals surface area contributed by atoms with Gasteiger partial charge in [-0.1, -0.05) is 6.92 Å². The zero-order chi connectivity index (χ0) is 15.6. The Labute approximate surface area is 129 Å². The van der Waals surface area contributed by atoms with Crippen molar-refractivity contribution < 1.29 is 13.2 Å². The zero-order valence-electron chi connectivity index (χ0n) is 12.2. The summed E-state index contributed by atoms with van der Waals surface area (Å²) >= 11 is 1.58. The maximum absolute atomic E-state index is 12.7. The second kappa shape index (κ2) is 6.27. The number of carbonyl (C=O) groups is 1. The largest absolute Gasteiger partial charge is 0.399 e. The Balaban J connectivity index is 2.35. The SMILES string of the molecule is CCS(=O)(=O)C1CSCCN1C(=O)c1ccc(N)cc1C. The topological polar surface area (TPSA) is 80.5 Å². The first kappa shape index (κ1) is 16.2. The Hall–Kier alpha value is -1.21. The highest BCUT2D eigenvalue weighted by atomic mass is 32.2. The van der Waals surface area contributed by atoms with Crippen molar-refractivity contribution >= 4 is 33.2 Å². The predicted molar refractivity (Wildman–Crippen MR) is 87.2 cm³/mol.